The van der Waals surface area contributed by atoms with Gasteiger partial charge in [0.2, 0.25) is 0 Å². The van der Waals surface area contributed by atoms with E-state index in [9.17, 15) is 4.79 Å². The largest absolute Gasteiger partial charge is 0.495 e. The van der Waals surface area contributed by atoms with Crippen LogP contribution in [-0.4, -0.2) is 43.3 Å². The number of nitrogens with one attached hydrogen (secondary N) is 1. The van der Waals surface area contributed by atoms with Crippen LogP contribution in [0.15, 0.2) is 18.2 Å². The highest BCUT2D eigenvalue weighted by molar-refractivity contribution is 5.68. The van der Waals surface area contributed by atoms with Crippen LogP contribution in [0.2, 0.25) is 0 Å². The number of amides is 1. The highest BCUT2D eigenvalue weighted by Gasteiger charge is 2.27. The van der Waals surface area contributed by atoms with Gasteiger partial charge >= 0.3 is 6.09 Å². The third-order valence-electron chi connectivity index (χ3n) is 4.11. The SMILES string of the molecule is COc1cc(C)ccc1NCC1CCCN(C(=O)OC(C)(C)C)C1. The molecule has 1 aromatic carbocycles. The number of carbonyl (C=O) groups is 1. The fraction of sp³-hybridized carbons (Fsp3) is 0.632. The lowest BCUT2D eigenvalue weighted by atomic mass is 9.98. The molecule has 5 nitrogen and oxygen atoms in total. The third-order valence-corrected chi connectivity index (χ3v) is 4.11. The van der Waals surface area contributed by atoms with Crippen molar-refractivity contribution in [2.45, 2.75) is 46.1 Å². The molecular weight excluding hydrogens is 304 g/mol. The number of hydrogen-bond donors (Lipinski definition) is 1. The first-order chi connectivity index (χ1) is 11.3. The van der Waals surface area contributed by atoms with E-state index in [2.05, 4.69) is 11.4 Å². The minimum absolute atomic E-state index is 0.208. The summed E-state index contributed by atoms with van der Waals surface area (Å²) in [7, 11) is 1.69. The molecule has 1 aliphatic rings. The van der Waals surface area contributed by atoms with E-state index >= 15 is 0 Å². The molecule has 1 fully saturated rings. The Bertz CT molecular complexity index is 566. The van der Waals surface area contributed by atoms with Gasteiger partial charge in [0.05, 0.1) is 12.8 Å². The van der Waals surface area contributed by atoms with Crippen molar-refractivity contribution in [1.29, 1.82) is 0 Å². The molecular formula is C19H30N2O3. The summed E-state index contributed by atoms with van der Waals surface area (Å²) in [6, 6.07) is 6.14. The molecule has 0 bridgehead atoms. The number of benzene rings is 1. The van der Waals surface area contributed by atoms with Crippen LogP contribution in [0.5, 0.6) is 5.75 Å². The van der Waals surface area contributed by atoms with Gasteiger partial charge < -0.3 is 19.7 Å². The number of carbonyl (C=O) groups excluding carboxylic acids is 1. The first-order valence-corrected chi connectivity index (χ1v) is 8.65. The van der Waals surface area contributed by atoms with Crippen LogP contribution in [0.3, 0.4) is 0 Å². The van der Waals surface area contributed by atoms with Gasteiger partial charge in [-0.15, -0.1) is 0 Å². The Morgan fingerprint density at radius 2 is 2.12 bits per heavy atom. The zero-order valence-electron chi connectivity index (χ0n) is 15.5. The van der Waals surface area contributed by atoms with Crippen LogP contribution >= 0.6 is 0 Å². The molecule has 0 radical (unpaired) electrons. The van der Waals surface area contributed by atoms with Crippen LogP contribution < -0.4 is 10.1 Å². The first-order valence-electron chi connectivity index (χ1n) is 8.65. The summed E-state index contributed by atoms with van der Waals surface area (Å²) in [5.41, 5.74) is 1.72. The quantitative estimate of drug-likeness (QED) is 0.902. The van der Waals surface area contributed by atoms with Crippen LogP contribution in [-0.2, 0) is 4.74 Å². The summed E-state index contributed by atoms with van der Waals surface area (Å²) in [5.74, 6) is 1.27. The molecule has 5 heteroatoms. The fourth-order valence-electron chi connectivity index (χ4n) is 2.92. The van der Waals surface area contributed by atoms with Crippen molar-refractivity contribution in [3.05, 3.63) is 23.8 Å². The highest BCUT2D eigenvalue weighted by Crippen LogP contribution is 2.26. The molecule has 1 saturated heterocycles. The molecule has 0 saturated carbocycles. The van der Waals surface area contributed by atoms with Crippen molar-refractivity contribution >= 4 is 11.8 Å². The Morgan fingerprint density at radius 3 is 2.79 bits per heavy atom. The number of rotatable bonds is 4. The molecule has 0 aliphatic carbocycles. The van der Waals surface area contributed by atoms with E-state index in [1.54, 1.807) is 7.11 Å². The number of nitrogens with zero attached hydrogens (tertiary/aromatic N) is 1. The van der Waals surface area contributed by atoms with Gasteiger partial charge in [0.25, 0.3) is 0 Å². The molecule has 0 spiro atoms. The summed E-state index contributed by atoms with van der Waals surface area (Å²) < 4.78 is 10.9. The van der Waals surface area contributed by atoms with E-state index < -0.39 is 5.60 Å². The molecule has 1 atom stereocenters. The lowest BCUT2D eigenvalue weighted by Crippen LogP contribution is -2.44. The standard InChI is InChI=1S/C19H30N2O3/c1-14-8-9-16(17(11-14)23-5)20-12-15-7-6-10-21(13-15)18(22)24-19(2,3)4/h8-9,11,15,20H,6-7,10,12-13H2,1-5H3. The smallest absolute Gasteiger partial charge is 0.410 e. The summed E-state index contributed by atoms with van der Waals surface area (Å²) in [4.78, 5) is 14.1. The van der Waals surface area contributed by atoms with E-state index in [1.165, 1.54) is 5.56 Å². The van der Waals surface area contributed by atoms with E-state index in [0.29, 0.717) is 5.92 Å². The number of hydrogen-bond acceptors (Lipinski definition) is 4. The number of anilines is 1. The van der Waals surface area contributed by atoms with Crippen LogP contribution in [0.25, 0.3) is 0 Å². The zero-order valence-corrected chi connectivity index (χ0v) is 15.5. The summed E-state index contributed by atoms with van der Waals surface area (Å²) >= 11 is 0. The van der Waals surface area contributed by atoms with E-state index in [0.717, 1.165) is 43.9 Å². The zero-order chi connectivity index (χ0) is 17.7. The molecule has 1 aliphatic heterocycles. The van der Waals surface area contributed by atoms with Crippen LogP contribution in [0.1, 0.15) is 39.2 Å². The Kier molecular flexibility index (Phi) is 5.97. The molecule has 24 heavy (non-hydrogen) atoms. The first kappa shape index (κ1) is 18.4. The van der Waals surface area contributed by atoms with Gasteiger partial charge in [0.15, 0.2) is 0 Å². The predicted molar refractivity (Wildman–Crippen MR) is 96.8 cm³/mol. The summed E-state index contributed by atoms with van der Waals surface area (Å²) in [6.07, 6.45) is 1.91. The van der Waals surface area contributed by atoms with Crippen molar-refractivity contribution in [3.8, 4) is 5.75 Å². The van der Waals surface area contributed by atoms with Crippen LogP contribution in [0, 0.1) is 12.8 Å². The Hall–Kier alpha value is -1.91. The molecule has 1 N–H and O–H groups in total. The highest BCUT2D eigenvalue weighted by atomic mass is 16.6. The van der Waals surface area contributed by atoms with E-state index in [-0.39, 0.29) is 6.09 Å². The van der Waals surface area contributed by atoms with Crippen molar-refractivity contribution in [1.82, 2.24) is 4.90 Å². The van der Waals surface area contributed by atoms with Gasteiger partial charge in [-0.05, 0) is 64.2 Å². The maximum absolute atomic E-state index is 12.2. The van der Waals surface area contributed by atoms with E-state index in [1.807, 2.05) is 44.7 Å². The maximum Gasteiger partial charge on any atom is 0.410 e. The number of methoxy groups -OCH3 is 1. The normalized spacial score (nSPS) is 18.2. The van der Waals surface area contributed by atoms with Gasteiger partial charge in [0.1, 0.15) is 11.4 Å². The molecule has 0 aromatic heterocycles. The third kappa shape index (κ3) is 5.32. The Balaban J connectivity index is 1.90. The molecule has 1 unspecified atom stereocenters. The van der Waals surface area contributed by atoms with Gasteiger partial charge in [-0.3, -0.25) is 0 Å². The summed E-state index contributed by atoms with van der Waals surface area (Å²) in [6.45, 7) is 10.1. The molecule has 2 rings (SSSR count). The van der Waals surface area contributed by atoms with Crippen molar-refractivity contribution in [3.63, 3.8) is 0 Å². The lowest BCUT2D eigenvalue weighted by molar-refractivity contribution is 0.0172. The second-order valence-corrected chi connectivity index (χ2v) is 7.52. The van der Waals surface area contributed by atoms with Gasteiger partial charge in [0, 0.05) is 19.6 Å². The molecule has 1 amide bonds. The monoisotopic (exact) mass is 334 g/mol. The van der Waals surface area contributed by atoms with Gasteiger partial charge in [-0.1, -0.05) is 6.07 Å². The summed E-state index contributed by atoms with van der Waals surface area (Å²) in [5, 5.41) is 3.47. The minimum Gasteiger partial charge on any atom is -0.495 e. The average Bonchev–Trinajstić information content (AvgIpc) is 2.52. The molecule has 1 heterocycles. The number of aryl methyl sites for hydroxylation is 1. The molecule has 1 aromatic rings. The number of piperidine rings is 1. The lowest BCUT2D eigenvalue weighted by Gasteiger charge is -2.34. The Labute approximate surface area is 145 Å². The topological polar surface area (TPSA) is 50.8 Å². The minimum atomic E-state index is -0.447. The number of ether oxygens (including phenoxy) is 2. The second-order valence-electron chi connectivity index (χ2n) is 7.52. The number of likely N-dealkylation sites (tertiary alicyclic amines) is 1. The van der Waals surface area contributed by atoms with E-state index in [4.69, 9.17) is 9.47 Å². The van der Waals surface area contributed by atoms with Crippen LogP contribution in [0.4, 0.5) is 10.5 Å². The fourth-order valence-corrected chi connectivity index (χ4v) is 2.92. The Morgan fingerprint density at radius 1 is 1.38 bits per heavy atom. The molecule has 134 valence electrons. The average molecular weight is 334 g/mol. The van der Waals surface area contributed by atoms with Crippen molar-refractivity contribution < 1.29 is 14.3 Å². The maximum atomic E-state index is 12.2. The van der Waals surface area contributed by atoms with Gasteiger partial charge in [-0.25, -0.2) is 4.79 Å². The van der Waals surface area contributed by atoms with Gasteiger partial charge in [-0.2, -0.15) is 0 Å². The second kappa shape index (κ2) is 7.77. The van der Waals surface area contributed by atoms with Crippen molar-refractivity contribution in [2.24, 2.45) is 5.92 Å². The van der Waals surface area contributed by atoms with Crippen molar-refractivity contribution in [2.75, 3.05) is 32.1 Å². The predicted octanol–water partition coefficient (Wildman–Crippen LogP) is 4.06.